The van der Waals surface area contributed by atoms with E-state index in [9.17, 15) is 13.9 Å². The molecule has 2 aliphatic rings. The number of phenolic OH excluding ortho intramolecular Hbond substituents is 1. The highest BCUT2D eigenvalue weighted by atomic mass is 79.9. The fourth-order valence-corrected chi connectivity index (χ4v) is 5.09. The number of allylic oxidation sites excluding steroid dienone is 1. The van der Waals surface area contributed by atoms with Crippen LogP contribution in [-0.4, -0.2) is 42.4 Å². The first-order chi connectivity index (χ1) is 14.6. The number of fused-ring (bicyclic) bond motifs is 1. The minimum Gasteiger partial charge on any atom is -0.505 e. The van der Waals surface area contributed by atoms with Gasteiger partial charge < -0.3 is 9.84 Å². The lowest BCUT2D eigenvalue weighted by Crippen LogP contribution is -2.26. The molecule has 1 fully saturated rings. The molecule has 0 saturated carbocycles. The second-order valence-electron chi connectivity index (χ2n) is 7.95. The second kappa shape index (κ2) is 9.48. The van der Waals surface area contributed by atoms with Crippen LogP contribution in [0.1, 0.15) is 42.4 Å². The van der Waals surface area contributed by atoms with Crippen molar-refractivity contribution in [3.63, 3.8) is 0 Å². The first-order valence-corrected chi connectivity index (χ1v) is 11.3. The van der Waals surface area contributed by atoms with E-state index in [1.165, 1.54) is 6.07 Å². The van der Waals surface area contributed by atoms with Gasteiger partial charge >= 0.3 is 0 Å². The van der Waals surface area contributed by atoms with Gasteiger partial charge in [-0.1, -0.05) is 34.1 Å². The monoisotopic (exact) mass is 477 g/mol. The van der Waals surface area contributed by atoms with Crippen LogP contribution in [0.2, 0.25) is 0 Å². The van der Waals surface area contributed by atoms with Gasteiger partial charge in [0.2, 0.25) is 0 Å². The molecule has 30 heavy (non-hydrogen) atoms. The zero-order valence-electron chi connectivity index (χ0n) is 16.8. The number of hydrogen-bond donors (Lipinski definition) is 1. The van der Waals surface area contributed by atoms with E-state index < -0.39 is 5.82 Å². The lowest BCUT2D eigenvalue weighted by Gasteiger charge is -2.17. The summed E-state index contributed by atoms with van der Waals surface area (Å²) < 4.78 is 34.1. The highest BCUT2D eigenvalue weighted by molar-refractivity contribution is 9.11. The van der Waals surface area contributed by atoms with Gasteiger partial charge in [0, 0.05) is 24.1 Å². The summed E-state index contributed by atoms with van der Waals surface area (Å²) in [7, 11) is 0. The Balaban J connectivity index is 1.52. The number of hydrogen-bond acceptors (Lipinski definition) is 3. The van der Waals surface area contributed by atoms with Crippen LogP contribution in [0.15, 0.2) is 40.9 Å². The predicted molar refractivity (Wildman–Crippen MR) is 118 cm³/mol. The van der Waals surface area contributed by atoms with E-state index in [4.69, 9.17) is 4.74 Å². The number of phenols is 1. The molecule has 1 atom stereocenters. The molecule has 2 aromatic carbocycles. The number of likely N-dealkylation sites (tertiary alicyclic amines) is 1. The van der Waals surface area contributed by atoms with Crippen molar-refractivity contribution < 1.29 is 18.6 Å². The zero-order valence-corrected chi connectivity index (χ0v) is 18.4. The topological polar surface area (TPSA) is 32.7 Å². The molecule has 0 bridgehead atoms. The Bertz CT molecular complexity index is 930. The van der Waals surface area contributed by atoms with Gasteiger partial charge in [-0.25, -0.2) is 4.39 Å². The van der Waals surface area contributed by atoms with Crippen LogP contribution < -0.4 is 4.74 Å². The van der Waals surface area contributed by atoms with Crippen molar-refractivity contribution in [1.82, 2.24) is 4.90 Å². The Kier molecular flexibility index (Phi) is 6.74. The molecular weight excluding hydrogens is 452 g/mol. The molecule has 1 N–H and O–H groups in total. The molecule has 0 unspecified atom stereocenters. The maximum atomic E-state index is 14.5. The van der Waals surface area contributed by atoms with Crippen molar-refractivity contribution in [3.8, 4) is 11.5 Å². The zero-order chi connectivity index (χ0) is 21.1. The fourth-order valence-electron chi connectivity index (χ4n) is 4.36. The molecule has 1 saturated heterocycles. The third-order valence-electron chi connectivity index (χ3n) is 5.87. The first kappa shape index (κ1) is 21.3. The Morgan fingerprint density at radius 3 is 2.70 bits per heavy atom. The van der Waals surface area contributed by atoms with E-state index in [1.54, 1.807) is 6.07 Å². The van der Waals surface area contributed by atoms with Gasteiger partial charge in [-0.2, -0.15) is 0 Å². The third kappa shape index (κ3) is 4.54. The van der Waals surface area contributed by atoms with Crippen LogP contribution in [0.25, 0.3) is 5.57 Å². The number of aromatic hydroxyl groups is 1. The largest absolute Gasteiger partial charge is 0.505 e. The van der Waals surface area contributed by atoms with Gasteiger partial charge in [0.25, 0.3) is 0 Å². The maximum Gasteiger partial charge on any atom is 0.168 e. The standard InChI is InChI=1S/C24H26BrF2NO2/c25-21-4-1-3-20-19(9-10-22(29)24(20)27)23(21)16-5-7-17(8-6-16)30-18-11-14-28(15-18)13-2-12-26/h5-10,18,29H,1-4,11-15H2/t18-/m0/s1. The predicted octanol–water partition coefficient (Wildman–Crippen LogP) is 5.83. The van der Waals surface area contributed by atoms with Crippen molar-refractivity contribution in [2.75, 3.05) is 26.3 Å². The Labute approximate surface area is 184 Å². The summed E-state index contributed by atoms with van der Waals surface area (Å²) in [6, 6.07) is 11.1. The van der Waals surface area contributed by atoms with E-state index >= 15 is 0 Å². The normalized spacial score (nSPS) is 19.6. The molecule has 1 aliphatic carbocycles. The average molecular weight is 478 g/mol. The molecule has 3 nitrogen and oxygen atoms in total. The highest BCUT2D eigenvalue weighted by Gasteiger charge is 2.24. The molecule has 0 spiro atoms. The minimum absolute atomic E-state index is 0.122. The molecule has 0 radical (unpaired) electrons. The molecule has 2 aromatic rings. The first-order valence-electron chi connectivity index (χ1n) is 10.5. The molecule has 4 rings (SSSR count). The van der Waals surface area contributed by atoms with Crippen molar-refractivity contribution in [1.29, 1.82) is 0 Å². The van der Waals surface area contributed by atoms with Crippen LogP contribution in [0.3, 0.4) is 0 Å². The van der Waals surface area contributed by atoms with Crippen LogP contribution in [0.5, 0.6) is 11.5 Å². The molecule has 1 heterocycles. The molecule has 0 aromatic heterocycles. The number of alkyl halides is 1. The summed E-state index contributed by atoms with van der Waals surface area (Å²) in [4.78, 5) is 2.24. The van der Waals surface area contributed by atoms with Crippen LogP contribution in [0, 0.1) is 5.82 Å². The van der Waals surface area contributed by atoms with Gasteiger partial charge in [0.1, 0.15) is 11.9 Å². The molecule has 6 heteroatoms. The highest BCUT2D eigenvalue weighted by Crippen LogP contribution is 2.40. The van der Waals surface area contributed by atoms with Crippen molar-refractivity contribution in [2.24, 2.45) is 0 Å². The van der Waals surface area contributed by atoms with Crippen LogP contribution >= 0.6 is 15.9 Å². The Hall–Kier alpha value is -1.92. The fraction of sp³-hybridized carbons (Fsp3) is 0.417. The second-order valence-corrected chi connectivity index (χ2v) is 8.91. The van der Waals surface area contributed by atoms with E-state index in [0.717, 1.165) is 65.8 Å². The SMILES string of the molecule is Oc1ccc2c(c1F)CCCC(Br)=C2c1ccc(O[C@H]2CCN(CCCF)C2)cc1. The van der Waals surface area contributed by atoms with Crippen molar-refractivity contribution in [3.05, 3.63) is 63.4 Å². The van der Waals surface area contributed by atoms with E-state index in [0.29, 0.717) is 18.4 Å². The van der Waals surface area contributed by atoms with Crippen molar-refractivity contribution >= 4 is 21.5 Å². The van der Waals surface area contributed by atoms with Gasteiger partial charge in [0.15, 0.2) is 11.6 Å². The summed E-state index contributed by atoms with van der Waals surface area (Å²) >= 11 is 3.70. The van der Waals surface area contributed by atoms with E-state index in [2.05, 4.69) is 20.8 Å². The average Bonchev–Trinajstić information content (AvgIpc) is 3.12. The summed E-state index contributed by atoms with van der Waals surface area (Å²) in [5.41, 5.74) is 3.34. The molecule has 0 amide bonds. The van der Waals surface area contributed by atoms with Gasteiger partial charge in [0.05, 0.1) is 6.67 Å². The maximum absolute atomic E-state index is 14.5. The molecule has 160 valence electrons. The van der Waals surface area contributed by atoms with E-state index in [1.807, 2.05) is 24.3 Å². The third-order valence-corrected chi connectivity index (χ3v) is 6.66. The van der Waals surface area contributed by atoms with Crippen molar-refractivity contribution in [2.45, 2.75) is 38.2 Å². The van der Waals surface area contributed by atoms with E-state index in [-0.39, 0.29) is 18.5 Å². The lowest BCUT2D eigenvalue weighted by atomic mass is 9.93. The number of nitrogens with zero attached hydrogens (tertiary/aromatic N) is 1. The number of benzene rings is 2. The summed E-state index contributed by atoms with van der Waals surface area (Å²) in [6.07, 6.45) is 3.87. The number of halogens is 3. The minimum atomic E-state index is -0.522. The van der Waals surface area contributed by atoms with Gasteiger partial charge in [-0.15, -0.1) is 0 Å². The molecular formula is C24H26BrF2NO2. The summed E-state index contributed by atoms with van der Waals surface area (Å²) in [5.74, 6) is -0.0174. The smallest absolute Gasteiger partial charge is 0.168 e. The van der Waals surface area contributed by atoms with Gasteiger partial charge in [-0.05, 0) is 72.6 Å². The summed E-state index contributed by atoms with van der Waals surface area (Å²) in [5, 5.41) is 9.79. The quantitative estimate of drug-likeness (QED) is 0.567. The van der Waals surface area contributed by atoms with Crippen LogP contribution in [0.4, 0.5) is 8.78 Å². The Morgan fingerprint density at radius 2 is 1.93 bits per heavy atom. The van der Waals surface area contributed by atoms with Gasteiger partial charge in [-0.3, -0.25) is 9.29 Å². The Morgan fingerprint density at radius 1 is 1.13 bits per heavy atom. The lowest BCUT2D eigenvalue weighted by molar-refractivity contribution is 0.198. The number of rotatable bonds is 6. The number of ether oxygens (including phenoxy) is 1. The molecule has 1 aliphatic heterocycles. The summed E-state index contributed by atoms with van der Waals surface area (Å²) in [6.45, 7) is 2.27. The van der Waals surface area contributed by atoms with Crippen LogP contribution in [-0.2, 0) is 6.42 Å².